The number of hydrogen-bond donors (Lipinski definition) is 1. The second-order valence-corrected chi connectivity index (χ2v) is 5.20. The Kier molecular flexibility index (Phi) is 2.87. The molecule has 0 unspecified atom stereocenters. The highest BCUT2D eigenvalue weighted by molar-refractivity contribution is 5.92. The first kappa shape index (κ1) is 10.8. The fourth-order valence-corrected chi connectivity index (χ4v) is 2.61. The molecule has 1 aromatic rings. The summed E-state index contributed by atoms with van der Waals surface area (Å²) in [5.74, 6) is 0.0568. The van der Waals surface area contributed by atoms with E-state index in [1.165, 1.54) is 19.3 Å². The summed E-state index contributed by atoms with van der Waals surface area (Å²) in [5, 5.41) is 7.39. The van der Waals surface area contributed by atoms with E-state index in [9.17, 15) is 4.79 Å². The van der Waals surface area contributed by atoms with Crippen LogP contribution < -0.4 is 5.32 Å². The highest BCUT2D eigenvalue weighted by Crippen LogP contribution is 2.35. The van der Waals surface area contributed by atoms with Crippen LogP contribution in [0.25, 0.3) is 0 Å². The second kappa shape index (κ2) is 4.51. The van der Waals surface area contributed by atoms with Gasteiger partial charge in [0.2, 0.25) is 0 Å². The van der Waals surface area contributed by atoms with Crippen LogP contribution in [0.4, 0.5) is 0 Å². The van der Waals surface area contributed by atoms with Crippen molar-refractivity contribution in [3.8, 4) is 0 Å². The molecule has 0 saturated heterocycles. The maximum atomic E-state index is 12.2. The molecule has 0 spiro atoms. The van der Waals surface area contributed by atoms with E-state index >= 15 is 0 Å². The van der Waals surface area contributed by atoms with Crippen molar-refractivity contribution in [1.29, 1.82) is 0 Å². The van der Waals surface area contributed by atoms with Crippen LogP contribution in [0.15, 0.2) is 12.3 Å². The molecule has 92 valence electrons. The van der Waals surface area contributed by atoms with Gasteiger partial charge in [-0.05, 0) is 31.7 Å². The summed E-state index contributed by atoms with van der Waals surface area (Å²) in [5.41, 5.74) is 0.734. The van der Waals surface area contributed by atoms with Gasteiger partial charge in [-0.25, -0.2) is 0 Å². The number of carbonyl (C=O) groups is 1. The number of nitrogens with zero attached hydrogens (tertiary/aromatic N) is 2. The zero-order chi connectivity index (χ0) is 11.7. The minimum absolute atomic E-state index is 0.0568. The first-order valence-corrected chi connectivity index (χ1v) is 6.69. The molecular weight excluding hydrogens is 214 g/mol. The van der Waals surface area contributed by atoms with Gasteiger partial charge in [-0.1, -0.05) is 19.3 Å². The first-order valence-electron chi connectivity index (χ1n) is 6.69. The van der Waals surface area contributed by atoms with Crippen LogP contribution in [-0.4, -0.2) is 21.7 Å². The molecular formula is C13H19N3O. The van der Waals surface area contributed by atoms with Gasteiger partial charge in [-0.15, -0.1) is 0 Å². The van der Waals surface area contributed by atoms with Crippen molar-refractivity contribution in [2.75, 3.05) is 0 Å². The number of amides is 1. The smallest absolute Gasteiger partial charge is 0.269 e. The summed E-state index contributed by atoms with van der Waals surface area (Å²) in [7, 11) is 0. The first-order chi connectivity index (χ1) is 8.34. The summed E-state index contributed by atoms with van der Waals surface area (Å²) < 4.78 is 1.89. The fraction of sp³-hybridized carbons (Fsp3) is 0.692. The van der Waals surface area contributed by atoms with Gasteiger partial charge in [0.15, 0.2) is 0 Å². The Morgan fingerprint density at radius 2 is 2.00 bits per heavy atom. The van der Waals surface area contributed by atoms with E-state index in [0.717, 1.165) is 31.4 Å². The van der Waals surface area contributed by atoms with Gasteiger partial charge in [-0.3, -0.25) is 9.48 Å². The third-order valence-electron chi connectivity index (χ3n) is 3.74. The van der Waals surface area contributed by atoms with E-state index in [4.69, 9.17) is 0 Å². The lowest BCUT2D eigenvalue weighted by Gasteiger charge is -2.22. The lowest BCUT2D eigenvalue weighted by Crippen LogP contribution is -2.37. The maximum absolute atomic E-state index is 12.2. The van der Waals surface area contributed by atoms with Crippen molar-refractivity contribution >= 4 is 5.91 Å². The molecule has 0 bridgehead atoms. The fourth-order valence-electron chi connectivity index (χ4n) is 2.61. The molecule has 0 aliphatic heterocycles. The molecule has 1 heterocycles. The molecule has 2 saturated carbocycles. The predicted molar refractivity (Wildman–Crippen MR) is 64.8 cm³/mol. The molecule has 1 aromatic heterocycles. The molecule has 1 amide bonds. The quantitative estimate of drug-likeness (QED) is 0.870. The van der Waals surface area contributed by atoms with Crippen molar-refractivity contribution in [3.63, 3.8) is 0 Å². The van der Waals surface area contributed by atoms with Gasteiger partial charge in [-0.2, -0.15) is 5.10 Å². The zero-order valence-corrected chi connectivity index (χ0v) is 10.1. The Labute approximate surface area is 101 Å². The molecule has 2 fully saturated rings. The van der Waals surface area contributed by atoms with Gasteiger partial charge < -0.3 is 5.32 Å². The minimum atomic E-state index is 0.0568. The van der Waals surface area contributed by atoms with E-state index in [1.807, 2.05) is 10.7 Å². The third-order valence-corrected chi connectivity index (χ3v) is 3.74. The van der Waals surface area contributed by atoms with E-state index in [0.29, 0.717) is 12.1 Å². The highest BCUT2D eigenvalue weighted by atomic mass is 16.2. The molecule has 17 heavy (non-hydrogen) atoms. The summed E-state index contributed by atoms with van der Waals surface area (Å²) in [6.07, 6.45) is 10.1. The van der Waals surface area contributed by atoms with Crippen molar-refractivity contribution in [3.05, 3.63) is 18.0 Å². The third kappa shape index (κ3) is 2.35. The molecule has 4 heteroatoms. The second-order valence-electron chi connectivity index (χ2n) is 5.20. The summed E-state index contributed by atoms with van der Waals surface area (Å²) in [6, 6.07) is 2.67. The number of hydrogen-bond acceptors (Lipinski definition) is 2. The molecule has 0 atom stereocenters. The minimum Gasteiger partial charge on any atom is -0.348 e. The summed E-state index contributed by atoms with van der Waals surface area (Å²) in [4.78, 5) is 12.2. The lowest BCUT2D eigenvalue weighted by molar-refractivity contribution is 0.0916. The van der Waals surface area contributed by atoms with Crippen LogP contribution in [0, 0.1) is 0 Å². The van der Waals surface area contributed by atoms with Crippen LogP contribution in [0.5, 0.6) is 0 Å². The standard InChI is InChI=1S/C13H19N3O/c17-13(15-10-4-2-1-3-5-10)12-8-9-14-16(12)11-6-7-11/h8-11H,1-7H2,(H,15,17). The lowest BCUT2D eigenvalue weighted by atomic mass is 9.95. The average Bonchev–Trinajstić information content (AvgIpc) is 3.08. The molecule has 4 nitrogen and oxygen atoms in total. The molecule has 2 aliphatic rings. The predicted octanol–water partition coefficient (Wildman–Crippen LogP) is 2.28. The Morgan fingerprint density at radius 3 is 2.71 bits per heavy atom. The molecule has 3 rings (SSSR count). The number of carbonyl (C=O) groups excluding carboxylic acids is 1. The normalized spacial score (nSPS) is 21.4. The number of rotatable bonds is 3. The number of aromatic nitrogens is 2. The van der Waals surface area contributed by atoms with Crippen molar-refractivity contribution < 1.29 is 4.79 Å². The van der Waals surface area contributed by atoms with Gasteiger partial charge in [0.1, 0.15) is 5.69 Å². The van der Waals surface area contributed by atoms with Gasteiger partial charge in [0.25, 0.3) is 5.91 Å². The monoisotopic (exact) mass is 233 g/mol. The maximum Gasteiger partial charge on any atom is 0.269 e. The van der Waals surface area contributed by atoms with Crippen LogP contribution in [0.1, 0.15) is 61.5 Å². The van der Waals surface area contributed by atoms with E-state index in [2.05, 4.69) is 10.4 Å². The van der Waals surface area contributed by atoms with Gasteiger partial charge in [0.05, 0.1) is 6.04 Å². The van der Waals surface area contributed by atoms with Crippen LogP contribution >= 0.6 is 0 Å². The average molecular weight is 233 g/mol. The zero-order valence-electron chi connectivity index (χ0n) is 10.1. The Balaban J connectivity index is 1.66. The van der Waals surface area contributed by atoms with E-state index in [1.54, 1.807) is 6.20 Å². The number of nitrogens with one attached hydrogen (secondary N) is 1. The van der Waals surface area contributed by atoms with Crippen LogP contribution in [0.2, 0.25) is 0 Å². The molecule has 0 aromatic carbocycles. The Morgan fingerprint density at radius 1 is 1.24 bits per heavy atom. The van der Waals surface area contributed by atoms with Crippen molar-refractivity contribution in [1.82, 2.24) is 15.1 Å². The molecule has 0 radical (unpaired) electrons. The van der Waals surface area contributed by atoms with Crippen LogP contribution in [0.3, 0.4) is 0 Å². The largest absolute Gasteiger partial charge is 0.348 e. The van der Waals surface area contributed by atoms with Crippen molar-refractivity contribution in [2.45, 2.75) is 57.0 Å². The van der Waals surface area contributed by atoms with E-state index < -0.39 is 0 Å². The molecule has 2 aliphatic carbocycles. The van der Waals surface area contributed by atoms with Gasteiger partial charge in [0, 0.05) is 12.2 Å². The van der Waals surface area contributed by atoms with E-state index in [-0.39, 0.29) is 5.91 Å². The molecule has 1 N–H and O–H groups in total. The van der Waals surface area contributed by atoms with Gasteiger partial charge >= 0.3 is 0 Å². The Bertz CT molecular complexity index is 403. The van der Waals surface area contributed by atoms with Crippen LogP contribution in [-0.2, 0) is 0 Å². The van der Waals surface area contributed by atoms with Crippen molar-refractivity contribution in [2.24, 2.45) is 0 Å². The topological polar surface area (TPSA) is 46.9 Å². The highest BCUT2D eigenvalue weighted by Gasteiger charge is 2.28. The summed E-state index contributed by atoms with van der Waals surface area (Å²) in [6.45, 7) is 0. The summed E-state index contributed by atoms with van der Waals surface area (Å²) >= 11 is 0. The SMILES string of the molecule is O=C(NC1CCCCC1)c1ccnn1C1CC1. The Hall–Kier alpha value is -1.32.